The zero-order valence-corrected chi connectivity index (χ0v) is 15.3. The monoisotopic (exact) mass is 434 g/mol. The first-order valence-corrected chi connectivity index (χ1v) is 10.1. The average molecular weight is 434 g/mol. The Morgan fingerprint density at radius 3 is 3.05 bits per heavy atom. The quantitative estimate of drug-likeness (QED) is 0.450. The highest BCUT2D eigenvalue weighted by Gasteiger charge is 2.51. The van der Waals surface area contributed by atoms with Crippen LogP contribution in [-0.4, -0.2) is 38.3 Å². The van der Waals surface area contributed by atoms with Crippen LogP contribution in [0.5, 0.6) is 0 Å². The number of thioether (sulfide) groups is 1. The van der Waals surface area contributed by atoms with Gasteiger partial charge >= 0.3 is 0 Å². The Morgan fingerprint density at radius 2 is 2.38 bits per heavy atom. The lowest BCUT2D eigenvalue weighted by molar-refractivity contribution is -0.145. The summed E-state index contributed by atoms with van der Waals surface area (Å²) in [5, 5.41) is 4.91. The number of carbonyl (C=O) groups is 2. The molecule has 1 aromatic rings. The number of alkyl halides is 1. The summed E-state index contributed by atoms with van der Waals surface area (Å²) < 4.78 is 0.947. The van der Waals surface area contributed by atoms with Gasteiger partial charge in [-0.3, -0.25) is 14.5 Å². The molecule has 2 aliphatic heterocycles. The van der Waals surface area contributed by atoms with E-state index >= 15 is 0 Å². The van der Waals surface area contributed by atoms with E-state index in [2.05, 4.69) is 27.9 Å². The van der Waals surface area contributed by atoms with Gasteiger partial charge in [-0.15, -0.1) is 23.1 Å². The molecule has 4 nitrogen and oxygen atoms in total. The molecule has 1 N–H and O–H groups in total. The van der Waals surface area contributed by atoms with Gasteiger partial charge in [0.25, 0.3) is 5.91 Å². The van der Waals surface area contributed by atoms with Crippen LogP contribution in [0.15, 0.2) is 28.8 Å². The van der Waals surface area contributed by atoms with Crippen molar-refractivity contribution in [2.45, 2.75) is 24.8 Å². The van der Waals surface area contributed by atoms with Crippen molar-refractivity contribution in [3.63, 3.8) is 0 Å². The molecule has 2 unspecified atom stereocenters. The Morgan fingerprint density at radius 1 is 1.57 bits per heavy atom. The lowest BCUT2D eigenvalue weighted by atomic mass is 10.0. The van der Waals surface area contributed by atoms with Crippen LogP contribution in [0, 0.1) is 0 Å². The average Bonchev–Trinajstić information content (AvgIpc) is 2.97. The maximum Gasteiger partial charge on any atom is 0.253 e. The first-order chi connectivity index (χ1) is 10.1. The molecule has 3 heterocycles. The molecule has 0 spiro atoms. The van der Waals surface area contributed by atoms with Gasteiger partial charge in [0.1, 0.15) is 11.4 Å². The molecule has 1 fully saturated rings. The summed E-state index contributed by atoms with van der Waals surface area (Å²) in [6.45, 7) is 2.00. The molecule has 2 atom stereocenters. The van der Waals surface area contributed by atoms with Crippen LogP contribution in [0.1, 0.15) is 11.8 Å². The fraction of sp³-hybridized carbons (Fsp3) is 0.429. The Labute approximate surface area is 145 Å². The predicted octanol–water partition coefficient (Wildman–Crippen LogP) is 2.40. The molecular formula is C14H15IN2O2S2. The second-order valence-electron chi connectivity index (χ2n) is 5.03. The number of β-lactam (4-membered cyclic amide) rings is 1. The van der Waals surface area contributed by atoms with Crippen LogP contribution in [0.2, 0.25) is 0 Å². The number of carbonyl (C=O) groups excluding carboxylic acids is 2. The van der Waals surface area contributed by atoms with Gasteiger partial charge in [0.05, 0.1) is 6.42 Å². The molecule has 2 aliphatic rings. The minimum atomic E-state index is -0.367. The number of amides is 2. The van der Waals surface area contributed by atoms with E-state index in [1.165, 1.54) is 5.57 Å². The molecule has 0 aromatic carbocycles. The number of nitrogens with zero attached hydrogens (tertiary/aromatic N) is 1. The van der Waals surface area contributed by atoms with E-state index in [1.54, 1.807) is 23.1 Å². The molecule has 1 saturated heterocycles. The molecule has 21 heavy (non-hydrogen) atoms. The highest BCUT2D eigenvalue weighted by Crippen LogP contribution is 2.40. The van der Waals surface area contributed by atoms with E-state index in [0.29, 0.717) is 6.42 Å². The summed E-state index contributed by atoms with van der Waals surface area (Å²) in [5.74, 6) is 0.893. The number of allylic oxidation sites excluding steroid dienone is 1. The number of nitrogens with one attached hydrogen (secondary N) is 1. The number of rotatable bonds is 4. The summed E-state index contributed by atoms with van der Waals surface area (Å²) in [7, 11) is 0. The number of hydrogen-bond donors (Lipinski definition) is 1. The van der Waals surface area contributed by atoms with Crippen molar-refractivity contribution in [1.29, 1.82) is 0 Å². The van der Waals surface area contributed by atoms with Crippen LogP contribution >= 0.6 is 45.7 Å². The van der Waals surface area contributed by atoms with Crippen LogP contribution in [0.3, 0.4) is 0 Å². The van der Waals surface area contributed by atoms with Crippen molar-refractivity contribution in [3.8, 4) is 0 Å². The molecule has 7 heteroatoms. The number of halogens is 1. The summed E-state index contributed by atoms with van der Waals surface area (Å²) in [5.41, 5.74) is 2.38. The maximum atomic E-state index is 12.3. The first kappa shape index (κ1) is 15.4. The normalized spacial score (nSPS) is 24.7. The highest BCUT2D eigenvalue weighted by atomic mass is 127. The smallest absolute Gasteiger partial charge is 0.253 e. The minimum Gasteiger partial charge on any atom is -0.341 e. The lowest BCUT2D eigenvalue weighted by Gasteiger charge is -2.50. The van der Waals surface area contributed by atoms with Crippen LogP contribution in [0.25, 0.3) is 0 Å². The van der Waals surface area contributed by atoms with E-state index in [4.69, 9.17) is 0 Å². The van der Waals surface area contributed by atoms with E-state index < -0.39 is 0 Å². The van der Waals surface area contributed by atoms with E-state index in [1.807, 2.05) is 29.3 Å². The molecule has 0 aliphatic carbocycles. The largest absolute Gasteiger partial charge is 0.341 e. The zero-order chi connectivity index (χ0) is 15.0. The third-order valence-corrected chi connectivity index (χ3v) is 6.87. The Bertz CT molecular complexity index is 600. The van der Waals surface area contributed by atoms with Gasteiger partial charge in [-0.1, -0.05) is 28.7 Å². The van der Waals surface area contributed by atoms with Gasteiger partial charge in [0, 0.05) is 20.8 Å². The molecule has 1 aromatic heterocycles. The van der Waals surface area contributed by atoms with Gasteiger partial charge in [-0.25, -0.2) is 0 Å². The SMILES string of the molecule is CC1=C(CI)CSC2C(NC(=O)Cc3cccs3)C(=O)N12. The second-order valence-corrected chi connectivity index (χ2v) is 7.93. The van der Waals surface area contributed by atoms with Gasteiger partial charge in [0.2, 0.25) is 5.91 Å². The van der Waals surface area contributed by atoms with Crippen LogP contribution < -0.4 is 5.32 Å². The summed E-state index contributed by atoms with van der Waals surface area (Å²) in [4.78, 5) is 27.2. The highest BCUT2D eigenvalue weighted by molar-refractivity contribution is 14.1. The van der Waals surface area contributed by atoms with Crippen molar-refractivity contribution in [1.82, 2.24) is 10.2 Å². The number of thiophene rings is 1. The third kappa shape index (κ3) is 2.87. The number of hydrogen-bond acceptors (Lipinski definition) is 4. The summed E-state index contributed by atoms with van der Waals surface area (Å²) in [6, 6.07) is 3.50. The fourth-order valence-electron chi connectivity index (χ4n) is 2.52. The van der Waals surface area contributed by atoms with Crippen molar-refractivity contribution >= 4 is 57.5 Å². The van der Waals surface area contributed by atoms with Crippen LogP contribution in [0.4, 0.5) is 0 Å². The summed E-state index contributed by atoms with van der Waals surface area (Å²) >= 11 is 5.63. The lowest BCUT2D eigenvalue weighted by Crippen LogP contribution is -2.69. The van der Waals surface area contributed by atoms with Crippen molar-refractivity contribution in [3.05, 3.63) is 33.7 Å². The Kier molecular flexibility index (Phi) is 4.60. The van der Waals surface area contributed by atoms with Crippen molar-refractivity contribution in [2.24, 2.45) is 0 Å². The van der Waals surface area contributed by atoms with Crippen molar-refractivity contribution in [2.75, 3.05) is 10.2 Å². The second kappa shape index (κ2) is 6.29. The maximum absolute atomic E-state index is 12.3. The van der Waals surface area contributed by atoms with Crippen LogP contribution in [-0.2, 0) is 16.0 Å². The Hall–Kier alpha value is -0.540. The molecule has 112 valence electrons. The van der Waals surface area contributed by atoms with Gasteiger partial charge in [-0.2, -0.15) is 0 Å². The van der Waals surface area contributed by atoms with Gasteiger partial charge in [0.15, 0.2) is 0 Å². The molecular weight excluding hydrogens is 419 g/mol. The first-order valence-electron chi connectivity index (χ1n) is 6.63. The van der Waals surface area contributed by atoms with E-state index in [9.17, 15) is 9.59 Å². The zero-order valence-electron chi connectivity index (χ0n) is 11.5. The molecule has 3 rings (SSSR count). The molecule has 2 amide bonds. The summed E-state index contributed by atoms with van der Waals surface area (Å²) in [6.07, 6.45) is 0.354. The number of fused-ring (bicyclic) bond motifs is 1. The topological polar surface area (TPSA) is 49.4 Å². The fourth-order valence-corrected chi connectivity index (χ4v) is 5.88. The molecule has 0 bridgehead atoms. The molecule has 0 saturated carbocycles. The minimum absolute atomic E-state index is 0.0200. The molecule has 0 radical (unpaired) electrons. The van der Waals surface area contributed by atoms with Crippen molar-refractivity contribution < 1.29 is 9.59 Å². The Balaban J connectivity index is 1.63. The standard InChI is InChI=1S/C14H15IN2O2S2/c1-8-9(6-15)7-21-14-12(13(19)17(8)14)16-11(18)5-10-3-2-4-20-10/h2-4,12,14H,5-7H2,1H3,(H,16,18). The van der Waals surface area contributed by atoms with Gasteiger partial charge in [-0.05, 0) is 23.9 Å². The predicted molar refractivity (Wildman–Crippen MR) is 94.6 cm³/mol. The van der Waals surface area contributed by atoms with E-state index in [0.717, 1.165) is 20.8 Å². The van der Waals surface area contributed by atoms with Gasteiger partial charge < -0.3 is 5.32 Å². The van der Waals surface area contributed by atoms with E-state index in [-0.39, 0.29) is 23.2 Å². The third-order valence-electron chi connectivity index (χ3n) is 3.74.